The summed E-state index contributed by atoms with van der Waals surface area (Å²) in [6, 6.07) is -0.622. The van der Waals surface area contributed by atoms with Crippen LogP contribution in [0.4, 0.5) is 0 Å². The lowest BCUT2D eigenvalue weighted by Gasteiger charge is -2.20. The highest BCUT2D eigenvalue weighted by atomic mass is 16.5. The van der Waals surface area contributed by atoms with Gasteiger partial charge in [-0.1, -0.05) is 366 Å². The van der Waals surface area contributed by atoms with Crippen LogP contribution in [0.3, 0.4) is 0 Å². The van der Waals surface area contributed by atoms with Crippen LogP contribution in [0.15, 0.2) is 24.3 Å². The second-order valence-corrected chi connectivity index (χ2v) is 25.3. The Balaban J connectivity index is 3.30. The van der Waals surface area contributed by atoms with Gasteiger partial charge in [0.15, 0.2) is 0 Å². The van der Waals surface area contributed by atoms with Gasteiger partial charge in [0, 0.05) is 12.8 Å². The molecule has 0 saturated heterocycles. The van der Waals surface area contributed by atoms with Crippen LogP contribution < -0.4 is 5.32 Å². The van der Waals surface area contributed by atoms with E-state index in [4.69, 9.17) is 4.74 Å². The number of ether oxygens (including phenoxy) is 1. The van der Waals surface area contributed by atoms with Gasteiger partial charge in [-0.05, 0) is 57.8 Å². The highest BCUT2D eigenvalue weighted by Crippen LogP contribution is 2.19. The Morgan fingerprint density at radius 1 is 0.338 bits per heavy atom. The van der Waals surface area contributed by atoms with Crippen molar-refractivity contribution >= 4 is 11.9 Å². The normalized spacial score (nSPS) is 12.6. The molecule has 0 aromatic heterocycles. The van der Waals surface area contributed by atoms with E-state index in [2.05, 4.69) is 31.3 Å². The molecule has 1 amide bonds. The number of carbonyl (C=O) groups is 2. The third kappa shape index (κ3) is 65.5. The van der Waals surface area contributed by atoms with Crippen LogP contribution in [0.25, 0.3) is 0 Å². The maximum atomic E-state index is 12.5. The minimum Gasteiger partial charge on any atom is -0.466 e. The third-order valence-electron chi connectivity index (χ3n) is 17.2. The number of unbranched alkanes of at least 4 members (excludes halogenated alkanes) is 56. The van der Waals surface area contributed by atoms with Crippen molar-refractivity contribution in [3.63, 3.8) is 0 Å². The van der Waals surface area contributed by atoms with E-state index in [-0.39, 0.29) is 18.5 Å². The summed E-state index contributed by atoms with van der Waals surface area (Å²) in [5, 5.41) is 23.2. The fraction of sp³-hybridized carbons (Fsp3) is 0.919. The van der Waals surface area contributed by atoms with Crippen molar-refractivity contribution < 1.29 is 24.5 Å². The number of carbonyl (C=O) groups excluding carboxylic acids is 2. The maximum Gasteiger partial charge on any atom is 0.305 e. The molecule has 0 spiro atoms. The number of hydrogen-bond donors (Lipinski definition) is 3. The molecular weight excluding hydrogens is 983 g/mol. The SMILES string of the molecule is CCCCC/C=C\CCCCCCCC(=O)OCCCCCCCCCCCCCCCCCCCCCCCCCCCCCCCCCCCCCCCC(=O)NC(CO)C(O)/C=C/CCCCCCCCCCCCCC. The lowest BCUT2D eigenvalue weighted by atomic mass is 10.0. The van der Waals surface area contributed by atoms with E-state index in [1.165, 1.54) is 340 Å². The monoisotopic (exact) mass is 1130 g/mol. The Labute approximate surface area is 501 Å². The zero-order valence-electron chi connectivity index (χ0n) is 54.3. The molecule has 0 aliphatic heterocycles. The van der Waals surface area contributed by atoms with Crippen molar-refractivity contribution in [1.82, 2.24) is 5.32 Å². The first-order valence-corrected chi connectivity index (χ1v) is 36.6. The Morgan fingerprint density at radius 2 is 0.588 bits per heavy atom. The number of esters is 1. The number of rotatable bonds is 69. The van der Waals surface area contributed by atoms with E-state index in [1.807, 2.05) is 6.08 Å². The molecule has 0 aromatic carbocycles. The molecule has 0 saturated carbocycles. The van der Waals surface area contributed by atoms with Crippen LogP contribution in [0.2, 0.25) is 0 Å². The summed E-state index contributed by atoms with van der Waals surface area (Å²) in [7, 11) is 0. The van der Waals surface area contributed by atoms with E-state index >= 15 is 0 Å². The minimum atomic E-state index is -0.839. The van der Waals surface area contributed by atoms with Gasteiger partial charge < -0.3 is 20.3 Å². The van der Waals surface area contributed by atoms with Crippen LogP contribution in [0.1, 0.15) is 412 Å². The lowest BCUT2D eigenvalue weighted by molar-refractivity contribution is -0.143. The van der Waals surface area contributed by atoms with Gasteiger partial charge in [0.1, 0.15) is 0 Å². The summed E-state index contributed by atoms with van der Waals surface area (Å²) >= 11 is 0. The van der Waals surface area contributed by atoms with Crippen LogP contribution in [-0.4, -0.2) is 47.4 Å². The topological polar surface area (TPSA) is 95.9 Å². The van der Waals surface area contributed by atoms with Crippen molar-refractivity contribution in [3.05, 3.63) is 24.3 Å². The third-order valence-corrected chi connectivity index (χ3v) is 17.2. The zero-order valence-corrected chi connectivity index (χ0v) is 54.3. The molecule has 0 heterocycles. The van der Waals surface area contributed by atoms with Crippen molar-refractivity contribution in [2.75, 3.05) is 13.2 Å². The van der Waals surface area contributed by atoms with Gasteiger partial charge in [-0.25, -0.2) is 0 Å². The van der Waals surface area contributed by atoms with Crippen LogP contribution in [0.5, 0.6) is 0 Å². The van der Waals surface area contributed by atoms with Crippen LogP contribution in [-0.2, 0) is 14.3 Å². The second-order valence-electron chi connectivity index (χ2n) is 25.3. The number of hydrogen-bond acceptors (Lipinski definition) is 5. The predicted octanol–water partition coefficient (Wildman–Crippen LogP) is 23.7. The number of amides is 1. The highest BCUT2D eigenvalue weighted by molar-refractivity contribution is 5.76. The van der Waals surface area contributed by atoms with Gasteiger partial charge in [-0.3, -0.25) is 9.59 Å². The van der Waals surface area contributed by atoms with E-state index < -0.39 is 12.1 Å². The van der Waals surface area contributed by atoms with Gasteiger partial charge in [-0.15, -0.1) is 0 Å². The number of aliphatic hydroxyl groups excluding tert-OH is 2. The Morgan fingerprint density at radius 3 is 0.912 bits per heavy atom. The number of nitrogens with one attached hydrogen (secondary N) is 1. The average Bonchev–Trinajstić information content (AvgIpc) is 3.46. The standard InChI is InChI=1S/C74H143NO5/c1-3-5-7-9-11-13-15-17-43-46-50-54-58-62-66-72(77)71(70-76)75-73(78)67-63-59-55-51-47-44-41-39-37-35-33-31-29-27-25-23-21-19-18-20-22-24-26-28-30-32-34-36-38-40-42-45-49-53-57-61-65-69-80-74(79)68-64-60-56-52-48-16-14-12-10-8-6-4-2/h12,14,62,66,71-72,76-77H,3-11,13,15-61,63-65,67-70H2,1-2H3,(H,75,78)/b14-12-,66-62+. The Kier molecular flexibility index (Phi) is 68.4. The zero-order chi connectivity index (χ0) is 57.8. The molecule has 2 unspecified atom stereocenters. The summed E-state index contributed by atoms with van der Waals surface area (Å²) in [6.45, 7) is 4.91. The number of allylic oxidation sites excluding steroid dienone is 3. The minimum absolute atomic E-state index is 0.0135. The van der Waals surface area contributed by atoms with Crippen LogP contribution >= 0.6 is 0 Å². The van der Waals surface area contributed by atoms with Crippen molar-refractivity contribution in [3.8, 4) is 0 Å². The molecule has 6 nitrogen and oxygen atoms in total. The molecule has 80 heavy (non-hydrogen) atoms. The van der Waals surface area contributed by atoms with Gasteiger partial charge in [0.2, 0.25) is 5.91 Å². The summed E-state index contributed by atoms with van der Waals surface area (Å²) in [5.41, 5.74) is 0. The van der Waals surface area contributed by atoms with Crippen molar-refractivity contribution in [2.24, 2.45) is 0 Å². The van der Waals surface area contributed by atoms with Gasteiger partial charge in [0.05, 0.1) is 25.4 Å². The predicted molar refractivity (Wildman–Crippen MR) is 352 cm³/mol. The lowest BCUT2D eigenvalue weighted by Crippen LogP contribution is -2.45. The first-order chi connectivity index (χ1) is 39.5. The molecule has 474 valence electrons. The first-order valence-electron chi connectivity index (χ1n) is 36.6. The van der Waals surface area contributed by atoms with E-state index in [0.717, 1.165) is 44.9 Å². The fourth-order valence-corrected chi connectivity index (χ4v) is 11.6. The number of aliphatic hydroxyl groups is 2. The summed E-state index contributed by atoms with van der Waals surface area (Å²) < 4.78 is 5.48. The largest absolute Gasteiger partial charge is 0.466 e. The Bertz CT molecular complexity index is 1250. The van der Waals surface area contributed by atoms with E-state index in [9.17, 15) is 19.8 Å². The smallest absolute Gasteiger partial charge is 0.305 e. The van der Waals surface area contributed by atoms with Gasteiger partial charge in [-0.2, -0.15) is 0 Å². The molecule has 0 fully saturated rings. The van der Waals surface area contributed by atoms with Gasteiger partial charge in [0.25, 0.3) is 0 Å². The molecule has 0 aromatic rings. The van der Waals surface area contributed by atoms with Crippen molar-refractivity contribution in [1.29, 1.82) is 0 Å². The molecule has 3 N–H and O–H groups in total. The molecule has 0 bridgehead atoms. The summed E-state index contributed by atoms with van der Waals surface area (Å²) in [4.78, 5) is 24.5. The highest BCUT2D eigenvalue weighted by Gasteiger charge is 2.18. The van der Waals surface area contributed by atoms with E-state index in [0.29, 0.717) is 19.4 Å². The van der Waals surface area contributed by atoms with Gasteiger partial charge >= 0.3 is 5.97 Å². The second kappa shape index (κ2) is 69.8. The molecule has 2 atom stereocenters. The molecule has 0 aliphatic rings. The summed E-state index contributed by atoms with van der Waals surface area (Å²) in [5.74, 6) is -0.0464. The maximum absolute atomic E-state index is 12.5. The molecule has 0 rings (SSSR count). The average molecular weight is 1130 g/mol. The molecule has 0 radical (unpaired) electrons. The summed E-state index contributed by atoms with van der Waals surface area (Å²) in [6.07, 6.45) is 88.6. The first kappa shape index (κ1) is 78.3. The molecule has 6 heteroatoms. The molecule has 0 aliphatic carbocycles. The van der Waals surface area contributed by atoms with E-state index in [1.54, 1.807) is 6.08 Å². The van der Waals surface area contributed by atoms with Crippen molar-refractivity contribution in [2.45, 2.75) is 424 Å². The Hall–Kier alpha value is -1.66. The molecular formula is C74H143NO5. The fourth-order valence-electron chi connectivity index (χ4n) is 11.6. The van der Waals surface area contributed by atoms with Crippen LogP contribution in [0, 0.1) is 0 Å². The quantitative estimate of drug-likeness (QED) is 0.0320.